The van der Waals surface area contributed by atoms with Gasteiger partial charge in [-0.15, -0.1) is 0 Å². The molecule has 0 radical (unpaired) electrons. The molecule has 0 saturated heterocycles. The molecule has 8 heteroatoms. The quantitative estimate of drug-likeness (QED) is 0.473. The Kier molecular flexibility index (Phi) is 4.55. The average Bonchev–Trinajstić information content (AvgIpc) is 2.44. The van der Waals surface area contributed by atoms with Crippen molar-refractivity contribution in [2.75, 3.05) is 7.11 Å². The van der Waals surface area contributed by atoms with Gasteiger partial charge in [0, 0.05) is 12.1 Å². The van der Waals surface area contributed by atoms with Crippen LogP contribution in [-0.2, 0) is 10.1 Å². The van der Waals surface area contributed by atoms with E-state index in [0.717, 1.165) is 23.3 Å². The van der Waals surface area contributed by atoms with Gasteiger partial charge in [-0.1, -0.05) is 6.07 Å². The lowest BCUT2D eigenvalue weighted by molar-refractivity contribution is -0.385. The van der Waals surface area contributed by atoms with Gasteiger partial charge in [-0.05, 0) is 43.2 Å². The normalized spacial score (nSPS) is 11.1. The molecule has 0 aliphatic heterocycles. The second kappa shape index (κ2) is 6.25. The Hall–Kier alpha value is -2.61. The monoisotopic (exact) mass is 337 g/mol. The van der Waals surface area contributed by atoms with E-state index < -0.39 is 19.9 Å². The minimum Gasteiger partial charge on any atom is -0.495 e. The lowest BCUT2D eigenvalue weighted by Gasteiger charge is -2.11. The van der Waals surface area contributed by atoms with Gasteiger partial charge in [-0.2, -0.15) is 8.42 Å². The molecule has 7 nitrogen and oxygen atoms in total. The molecule has 2 aromatic rings. The molecule has 2 rings (SSSR count). The minimum atomic E-state index is -4.28. The van der Waals surface area contributed by atoms with Crippen molar-refractivity contribution in [3.63, 3.8) is 0 Å². The number of hydrogen-bond donors (Lipinski definition) is 0. The molecule has 23 heavy (non-hydrogen) atoms. The first-order valence-corrected chi connectivity index (χ1v) is 7.99. The van der Waals surface area contributed by atoms with Gasteiger partial charge < -0.3 is 8.92 Å². The Labute approximate surface area is 133 Å². The Balaban J connectivity index is 2.50. The second-order valence-electron chi connectivity index (χ2n) is 4.95. The lowest BCUT2D eigenvalue weighted by atomic mass is 10.1. The number of nitrogens with zero attached hydrogens (tertiary/aromatic N) is 1. The number of non-ortho nitro benzene ring substituents is 1. The molecule has 0 N–H and O–H groups in total. The molecule has 0 spiro atoms. The summed E-state index contributed by atoms with van der Waals surface area (Å²) in [4.78, 5) is 9.78. The van der Waals surface area contributed by atoms with Crippen molar-refractivity contribution >= 4 is 15.8 Å². The van der Waals surface area contributed by atoms with Crippen LogP contribution in [0.2, 0.25) is 0 Å². The van der Waals surface area contributed by atoms with Crippen LogP contribution in [0.4, 0.5) is 5.69 Å². The first-order chi connectivity index (χ1) is 10.7. The SMILES string of the molecule is COc1ccc([N+](=O)[O-])cc1S(=O)(=O)Oc1cc(C)cc(C)c1. The fourth-order valence-electron chi connectivity index (χ4n) is 2.13. The van der Waals surface area contributed by atoms with Crippen molar-refractivity contribution in [1.82, 2.24) is 0 Å². The zero-order valence-electron chi connectivity index (χ0n) is 12.8. The van der Waals surface area contributed by atoms with Crippen molar-refractivity contribution in [2.24, 2.45) is 0 Å². The van der Waals surface area contributed by atoms with E-state index in [0.29, 0.717) is 0 Å². The highest BCUT2D eigenvalue weighted by molar-refractivity contribution is 7.87. The molecule has 0 aromatic heterocycles. The summed E-state index contributed by atoms with van der Waals surface area (Å²) in [7, 11) is -3.00. The van der Waals surface area contributed by atoms with E-state index in [2.05, 4.69) is 0 Å². The van der Waals surface area contributed by atoms with Crippen LogP contribution in [0.15, 0.2) is 41.3 Å². The number of benzene rings is 2. The summed E-state index contributed by atoms with van der Waals surface area (Å²) in [5, 5.41) is 10.9. The van der Waals surface area contributed by atoms with Crippen LogP contribution in [0, 0.1) is 24.0 Å². The highest BCUT2D eigenvalue weighted by Gasteiger charge is 2.25. The number of methoxy groups -OCH3 is 1. The van der Waals surface area contributed by atoms with E-state index >= 15 is 0 Å². The van der Waals surface area contributed by atoms with Crippen LogP contribution in [0.25, 0.3) is 0 Å². The number of ether oxygens (including phenoxy) is 1. The standard InChI is InChI=1S/C15H15NO6S/c1-10-6-11(2)8-13(7-10)22-23(19,20)15-9-12(16(17)18)4-5-14(15)21-3/h4-9H,1-3H3. The summed E-state index contributed by atoms with van der Waals surface area (Å²) < 4.78 is 35.0. The van der Waals surface area contributed by atoms with Gasteiger partial charge in [-0.3, -0.25) is 10.1 Å². The largest absolute Gasteiger partial charge is 0.495 e. The number of rotatable bonds is 5. The first kappa shape index (κ1) is 16.8. The average molecular weight is 337 g/mol. The topological polar surface area (TPSA) is 95.7 Å². The summed E-state index contributed by atoms with van der Waals surface area (Å²) in [6.07, 6.45) is 0. The predicted molar refractivity (Wildman–Crippen MR) is 83.4 cm³/mol. The maximum absolute atomic E-state index is 12.5. The fourth-order valence-corrected chi connectivity index (χ4v) is 3.23. The molecule has 0 fully saturated rings. The predicted octanol–water partition coefficient (Wildman–Crippen LogP) is 2.99. The van der Waals surface area contributed by atoms with Gasteiger partial charge in [0.2, 0.25) is 0 Å². The van der Waals surface area contributed by atoms with E-state index in [1.165, 1.54) is 13.2 Å². The molecule has 0 aliphatic carbocycles. The number of hydrogen-bond acceptors (Lipinski definition) is 6. The van der Waals surface area contributed by atoms with Crippen LogP contribution in [-0.4, -0.2) is 20.5 Å². The molecule has 2 aromatic carbocycles. The third-order valence-corrected chi connectivity index (χ3v) is 4.30. The molecule has 0 unspecified atom stereocenters. The molecule has 0 aliphatic rings. The number of nitro groups is 1. The second-order valence-corrected chi connectivity index (χ2v) is 6.47. The van der Waals surface area contributed by atoms with Crippen molar-refractivity contribution in [3.8, 4) is 11.5 Å². The smallest absolute Gasteiger partial charge is 0.343 e. The highest BCUT2D eigenvalue weighted by atomic mass is 32.2. The van der Waals surface area contributed by atoms with Crippen LogP contribution in [0.3, 0.4) is 0 Å². The molecular formula is C15H15NO6S. The zero-order valence-corrected chi connectivity index (χ0v) is 13.6. The number of aryl methyl sites for hydroxylation is 2. The Bertz CT molecular complexity index is 840. The van der Waals surface area contributed by atoms with E-state index in [1.54, 1.807) is 26.0 Å². The highest BCUT2D eigenvalue weighted by Crippen LogP contribution is 2.30. The van der Waals surface area contributed by atoms with E-state index in [-0.39, 0.29) is 17.2 Å². The molecule has 0 amide bonds. The van der Waals surface area contributed by atoms with Gasteiger partial charge >= 0.3 is 10.1 Å². The van der Waals surface area contributed by atoms with Crippen molar-refractivity contribution in [1.29, 1.82) is 0 Å². The maximum Gasteiger partial charge on any atom is 0.343 e. The minimum absolute atomic E-state index is 0.0278. The Morgan fingerprint density at radius 2 is 1.65 bits per heavy atom. The Morgan fingerprint density at radius 1 is 1.04 bits per heavy atom. The van der Waals surface area contributed by atoms with Crippen LogP contribution in [0.1, 0.15) is 11.1 Å². The molecule has 0 saturated carbocycles. The van der Waals surface area contributed by atoms with Crippen molar-refractivity contribution in [2.45, 2.75) is 18.7 Å². The lowest BCUT2D eigenvalue weighted by Crippen LogP contribution is -2.12. The van der Waals surface area contributed by atoms with Gasteiger partial charge in [-0.25, -0.2) is 0 Å². The Morgan fingerprint density at radius 3 is 2.17 bits per heavy atom. The first-order valence-electron chi connectivity index (χ1n) is 6.58. The van der Waals surface area contributed by atoms with E-state index in [9.17, 15) is 18.5 Å². The third kappa shape index (κ3) is 3.78. The van der Waals surface area contributed by atoms with Crippen molar-refractivity contribution in [3.05, 3.63) is 57.6 Å². The molecule has 122 valence electrons. The van der Waals surface area contributed by atoms with Crippen LogP contribution >= 0.6 is 0 Å². The summed E-state index contributed by atoms with van der Waals surface area (Å²) in [6, 6.07) is 8.29. The molecule has 0 atom stereocenters. The van der Waals surface area contributed by atoms with Crippen molar-refractivity contribution < 1.29 is 22.3 Å². The van der Waals surface area contributed by atoms with Crippen LogP contribution in [0.5, 0.6) is 11.5 Å². The molecule has 0 heterocycles. The summed E-state index contributed by atoms with van der Waals surface area (Å²) in [5.41, 5.74) is 1.30. The van der Waals surface area contributed by atoms with Gasteiger partial charge in [0.15, 0.2) is 4.90 Å². The fraction of sp³-hybridized carbons (Fsp3) is 0.200. The van der Waals surface area contributed by atoms with Gasteiger partial charge in [0.05, 0.1) is 12.0 Å². The summed E-state index contributed by atoms with van der Waals surface area (Å²) >= 11 is 0. The maximum atomic E-state index is 12.5. The molecular weight excluding hydrogens is 322 g/mol. The molecule has 0 bridgehead atoms. The summed E-state index contributed by atoms with van der Waals surface area (Å²) in [6.45, 7) is 3.61. The van der Waals surface area contributed by atoms with Gasteiger partial charge in [0.1, 0.15) is 11.5 Å². The van der Waals surface area contributed by atoms with Gasteiger partial charge in [0.25, 0.3) is 5.69 Å². The van der Waals surface area contributed by atoms with E-state index in [1.807, 2.05) is 6.07 Å². The van der Waals surface area contributed by atoms with E-state index in [4.69, 9.17) is 8.92 Å². The summed E-state index contributed by atoms with van der Waals surface area (Å²) in [5.74, 6) is 0.107. The number of nitro benzene ring substituents is 1. The third-order valence-electron chi connectivity index (χ3n) is 3.03. The zero-order chi connectivity index (χ0) is 17.2. The van der Waals surface area contributed by atoms with Crippen LogP contribution < -0.4 is 8.92 Å².